The quantitative estimate of drug-likeness (QED) is 0.747. The molecule has 1 aromatic rings. The standard InChI is InChI=1S/C16H24N2O3/c1-16(2,3)9-12(10-17)14(19)18-13(15(20)21)11-7-5-4-6-8-11/h4-8,12-13H,9-10,17H2,1-3H3,(H,18,19)(H,20,21)/t12?,13-/m1/s1. The molecule has 1 aromatic carbocycles. The number of nitrogens with one attached hydrogen (secondary N) is 1. The predicted molar refractivity (Wildman–Crippen MR) is 81.6 cm³/mol. The summed E-state index contributed by atoms with van der Waals surface area (Å²) in [5.74, 6) is -1.79. The topological polar surface area (TPSA) is 92.4 Å². The fourth-order valence-corrected chi connectivity index (χ4v) is 2.22. The SMILES string of the molecule is CC(C)(C)CC(CN)C(=O)N[C@@H](C(=O)O)c1ccccc1. The van der Waals surface area contributed by atoms with Gasteiger partial charge >= 0.3 is 5.97 Å². The summed E-state index contributed by atoms with van der Waals surface area (Å²) in [5.41, 5.74) is 6.16. The average Bonchev–Trinajstić information content (AvgIpc) is 2.41. The van der Waals surface area contributed by atoms with E-state index in [2.05, 4.69) is 5.32 Å². The highest BCUT2D eigenvalue weighted by Crippen LogP contribution is 2.24. The van der Waals surface area contributed by atoms with E-state index in [-0.39, 0.29) is 17.9 Å². The Labute approximate surface area is 125 Å². The molecule has 4 N–H and O–H groups in total. The van der Waals surface area contributed by atoms with Crippen molar-refractivity contribution in [2.75, 3.05) is 6.54 Å². The number of carboxylic acid groups (broad SMARTS) is 1. The van der Waals surface area contributed by atoms with Crippen LogP contribution in [0.5, 0.6) is 0 Å². The Morgan fingerprint density at radius 1 is 1.24 bits per heavy atom. The van der Waals surface area contributed by atoms with Gasteiger partial charge in [0.1, 0.15) is 0 Å². The summed E-state index contributed by atoms with van der Waals surface area (Å²) in [6.45, 7) is 6.27. The molecule has 1 unspecified atom stereocenters. The molecule has 5 heteroatoms. The fraction of sp³-hybridized carbons (Fsp3) is 0.500. The van der Waals surface area contributed by atoms with Crippen molar-refractivity contribution in [3.05, 3.63) is 35.9 Å². The van der Waals surface area contributed by atoms with E-state index in [0.29, 0.717) is 12.0 Å². The van der Waals surface area contributed by atoms with Crippen molar-refractivity contribution in [3.8, 4) is 0 Å². The first-order valence-electron chi connectivity index (χ1n) is 7.03. The van der Waals surface area contributed by atoms with Gasteiger partial charge in [0.25, 0.3) is 0 Å². The average molecular weight is 292 g/mol. The van der Waals surface area contributed by atoms with Gasteiger partial charge in [0.2, 0.25) is 5.91 Å². The first kappa shape index (κ1) is 17.2. The molecule has 0 spiro atoms. The van der Waals surface area contributed by atoms with Gasteiger partial charge in [0, 0.05) is 6.54 Å². The maximum atomic E-state index is 12.3. The van der Waals surface area contributed by atoms with Gasteiger partial charge < -0.3 is 16.2 Å². The second-order valence-corrected chi connectivity index (χ2v) is 6.39. The zero-order chi connectivity index (χ0) is 16.0. The molecule has 1 rings (SSSR count). The highest BCUT2D eigenvalue weighted by atomic mass is 16.4. The van der Waals surface area contributed by atoms with E-state index in [9.17, 15) is 14.7 Å². The van der Waals surface area contributed by atoms with E-state index in [4.69, 9.17) is 5.73 Å². The highest BCUT2D eigenvalue weighted by Gasteiger charge is 2.28. The summed E-state index contributed by atoms with van der Waals surface area (Å²) < 4.78 is 0. The lowest BCUT2D eigenvalue weighted by atomic mass is 9.84. The molecule has 21 heavy (non-hydrogen) atoms. The fourth-order valence-electron chi connectivity index (χ4n) is 2.22. The van der Waals surface area contributed by atoms with Gasteiger partial charge in [-0.1, -0.05) is 51.1 Å². The molecule has 0 aliphatic heterocycles. The first-order chi connectivity index (χ1) is 9.74. The number of rotatable bonds is 6. The second kappa shape index (κ2) is 7.22. The predicted octanol–water partition coefficient (Wildman–Crippen LogP) is 1.94. The summed E-state index contributed by atoms with van der Waals surface area (Å²) in [4.78, 5) is 23.7. The molecule has 116 valence electrons. The van der Waals surface area contributed by atoms with Gasteiger partial charge in [-0.2, -0.15) is 0 Å². The number of aliphatic carboxylic acids is 1. The zero-order valence-electron chi connectivity index (χ0n) is 12.8. The van der Waals surface area contributed by atoms with Gasteiger partial charge in [-0.3, -0.25) is 4.79 Å². The molecule has 0 aromatic heterocycles. The minimum atomic E-state index is -1.08. The van der Waals surface area contributed by atoms with E-state index in [0.717, 1.165) is 0 Å². The Morgan fingerprint density at radius 2 is 1.81 bits per heavy atom. The van der Waals surface area contributed by atoms with E-state index in [1.807, 2.05) is 20.8 Å². The molecule has 5 nitrogen and oxygen atoms in total. The Morgan fingerprint density at radius 3 is 2.24 bits per heavy atom. The molecule has 1 amide bonds. The third kappa shape index (κ3) is 5.55. The third-order valence-electron chi connectivity index (χ3n) is 3.18. The van der Waals surface area contributed by atoms with Crippen LogP contribution in [0.25, 0.3) is 0 Å². The lowest BCUT2D eigenvalue weighted by molar-refractivity contribution is -0.142. The summed E-state index contributed by atoms with van der Waals surface area (Å²) in [7, 11) is 0. The smallest absolute Gasteiger partial charge is 0.330 e. The summed E-state index contributed by atoms with van der Waals surface area (Å²) in [6, 6.07) is 7.60. The van der Waals surface area contributed by atoms with E-state index >= 15 is 0 Å². The largest absolute Gasteiger partial charge is 0.479 e. The Hall–Kier alpha value is -1.88. The number of benzene rings is 1. The van der Waals surface area contributed by atoms with Gasteiger partial charge in [0.15, 0.2) is 6.04 Å². The Kier molecular flexibility index (Phi) is 5.90. The highest BCUT2D eigenvalue weighted by molar-refractivity contribution is 5.86. The van der Waals surface area contributed by atoms with Crippen molar-refractivity contribution < 1.29 is 14.7 Å². The van der Waals surface area contributed by atoms with Gasteiger partial charge in [-0.25, -0.2) is 4.79 Å². The number of hydrogen-bond acceptors (Lipinski definition) is 3. The van der Waals surface area contributed by atoms with Crippen LogP contribution in [0.15, 0.2) is 30.3 Å². The Balaban J connectivity index is 2.84. The van der Waals surface area contributed by atoms with Crippen LogP contribution in [0.2, 0.25) is 0 Å². The number of carboxylic acids is 1. The summed E-state index contributed by atoms with van der Waals surface area (Å²) >= 11 is 0. The number of amides is 1. The molecule has 0 aliphatic carbocycles. The number of carbonyl (C=O) groups excluding carboxylic acids is 1. The van der Waals surface area contributed by atoms with Crippen LogP contribution < -0.4 is 11.1 Å². The van der Waals surface area contributed by atoms with Crippen molar-refractivity contribution in [1.82, 2.24) is 5.32 Å². The number of carbonyl (C=O) groups is 2. The molecule has 2 atom stereocenters. The normalized spacial score (nSPS) is 14.3. The monoisotopic (exact) mass is 292 g/mol. The maximum absolute atomic E-state index is 12.3. The van der Waals surface area contributed by atoms with E-state index in [1.165, 1.54) is 0 Å². The van der Waals surface area contributed by atoms with Crippen LogP contribution in [-0.2, 0) is 9.59 Å². The van der Waals surface area contributed by atoms with E-state index in [1.54, 1.807) is 30.3 Å². The van der Waals surface area contributed by atoms with Crippen molar-refractivity contribution in [2.45, 2.75) is 33.2 Å². The summed E-state index contributed by atoms with van der Waals surface area (Å²) in [6.07, 6.45) is 0.608. The van der Waals surface area contributed by atoms with Crippen molar-refractivity contribution in [1.29, 1.82) is 0 Å². The lowest BCUT2D eigenvalue weighted by Crippen LogP contribution is -2.41. The first-order valence-corrected chi connectivity index (χ1v) is 7.03. The van der Waals surface area contributed by atoms with Crippen molar-refractivity contribution >= 4 is 11.9 Å². The minimum absolute atomic E-state index is 0.0488. The van der Waals surface area contributed by atoms with E-state index < -0.39 is 17.9 Å². The maximum Gasteiger partial charge on any atom is 0.330 e. The minimum Gasteiger partial charge on any atom is -0.479 e. The Bertz CT molecular complexity index is 480. The van der Waals surface area contributed by atoms with Crippen LogP contribution in [-0.4, -0.2) is 23.5 Å². The molecule has 0 heterocycles. The number of hydrogen-bond donors (Lipinski definition) is 3. The lowest BCUT2D eigenvalue weighted by Gasteiger charge is -2.25. The molecule has 0 radical (unpaired) electrons. The van der Waals surface area contributed by atoms with Gasteiger partial charge in [0.05, 0.1) is 5.92 Å². The van der Waals surface area contributed by atoms with Gasteiger partial charge in [-0.15, -0.1) is 0 Å². The number of nitrogens with two attached hydrogens (primary N) is 1. The van der Waals surface area contributed by atoms with Crippen LogP contribution >= 0.6 is 0 Å². The van der Waals surface area contributed by atoms with Gasteiger partial charge in [-0.05, 0) is 17.4 Å². The molecule has 0 saturated carbocycles. The molecule has 0 bridgehead atoms. The molecule has 0 aliphatic rings. The molecule has 0 saturated heterocycles. The molecule has 0 fully saturated rings. The second-order valence-electron chi connectivity index (χ2n) is 6.39. The third-order valence-corrected chi connectivity index (χ3v) is 3.18. The van der Waals surface area contributed by atoms with Crippen LogP contribution in [0.1, 0.15) is 38.8 Å². The van der Waals surface area contributed by atoms with Crippen LogP contribution in [0.3, 0.4) is 0 Å². The van der Waals surface area contributed by atoms with Crippen LogP contribution in [0.4, 0.5) is 0 Å². The molecular weight excluding hydrogens is 268 g/mol. The zero-order valence-corrected chi connectivity index (χ0v) is 12.8. The van der Waals surface area contributed by atoms with Crippen molar-refractivity contribution in [3.63, 3.8) is 0 Å². The molecular formula is C16H24N2O3. The van der Waals surface area contributed by atoms with Crippen molar-refractivity contribution in [2.24, 2.45) is 17.1 Å². The van der Waals surface area contributed by atoms with Crippen LogP contribution in [0, 0.1) is 11.3 Å². The summed E-state index contributed by atoms with van der Waals surface area (Å²) in [5, 5.41) is 11.9.